The number of likely N-dealkylation sites (tertiary alicyclic amines) is 1. The zero-order valence-electron chi connectivity index (χ0n) is 20.7. The van der Waals surface area contributed by atoms with Crippen LogP contribution in [0.3, 0.4) is 0 Å². The van der Waals surface area contributed by atoms with E-state index < -0.39 is 12.1 Å². The largest absolute Gasteiger partial charge is 0.481 e. The highest BCUT2D eigenvalue weighted by Crippen LogP contribution is 2.35. The van der Waals surface area contributed by atoms with Crippen LogP contribution in [0.25, 0.3) is 10.9 Å². The summed E-state index contributed by atoms with van der Waals surface area (Å²) in [5.41, 5.74) is 4.28. The molecule has 0 bridgehead atoms. The third-order valence-corrected chi connectivity index (χ3v) is 7.89. The van der Waals surface area contributed by atoms with Crippen LogP contribution in [-0.4, -0.2) is 39.7 Å². The van der Waals surface area contributed by atoms with E-state index in [0.717, 1.165) is 40.2 Å². The Labute approximate surface area is 219 Å². The number of carboxylic acids is 1. The van der Waals surface area contributed by atoms with Gasteiger partial charge in [-0.1, -0.05) is 36.2 Å². The third-order valence-electron chi connectivity index (χ3n) is 7.06. The van der Waals surface area contributed by atoms with E-state index in [4.69, 9.17) is 27.9 Å². The Morgan fingerprint density at radius 3 is 2.61 bits per heavy atom. The molecule has 1 aliphatic rings. The Balaban J connectivity index is 1.60. The van der Waals surface area contributed by atoms with Crippen molar-refractivity contribution in [3.63, 3.8) is 0 Å². The van der Waals surface area contributed by atoms with Gasteiger partial charge in [0.25, 0.3) is 0 Å². The summed E-state index contributed by atoms with van der Waals surface area (Å²) in [6, 6.07) is 9.01. The van der Waals surface area contributed by atoms with Crippen LogP contribution in [0.5, 0.6) is 5.75 Å². The first kappa shape index (κ1) is 26.7. The number of hydrogen-bond donors (Lipinski definition) is 1. The van der Waals surface area contributed by atoms with Gasteiger partial charge in [0.2, 0.25) is 0 Å². The maximum atomic E-state index is 13.4. The molecule has 36 heavy (non-hydrogen) atoms. The zero-order valence-corrected chi connectivity index (χ0v) is 22.3. The number of hydrogen-bond acceptors (Lipinski definition) is 3. The Kier molecular flexibility index (Phi) is 7.56. The molecule has 1 aromatic heterocycles. The number of fused-ring (bicyclic) bond motifs is 1. The molecule has 0 spiro atoms. The second-order valence-corrected chi connectivity index (χ2v) is 10.7. The normalized spacial score (nSPS) is 19.1. The highest BCUT2D eigenvalue weighted by molar-refractivity contribution is 6.36. The fourth-order valence-electron chi connectivity index (χ4n) is 5.16. The van der Waals surface area contributed by atoms with E-state index in [1.807, 2.05) is 43.7 Å². The molecule has 0 radical (unpaired) electrons. The van der Waals surface area contributed by atoms with Crippen molar-refractivity contribution in [1.82, 2.24) is 9.47 Å². The molecule has 194 valence electrons. The number of carboxylic acid groups (broad SMARTS) is 1. The molecule has 9 heteroatoms. The van der Waals surface area contributed by atoms with E-state index in [1.165, 1.54) is 0 Å². The average Bonchev–Trinajstić information content (AvgIpc) is 3.08. The van der Waals surface area contributed by atoms with Crippen molar-refractivity contribution in [2.24, 2.45) is 18.9 Å². The molecule has 0 amide bonds. The molecule has 1 N–H and O–H groups in total. The number of piperidine rings is 1. The smallest absolute Gasteiger partial charge is 0.394 e. The van der Waals surface area contributed by atoms with Crippen LogP contribution < -0.4 is 4.74 Å². The molecule has 1 saturated heterocycles. The van der Waals surface area contributed by atoms with Gasteiger partial charge in [-0.2, -0.15) is 8.78 Å². The van der Waals surface area contributed by atoms with Crippen molar-refractivity contribution < 1.29 is 23.4 Å². The minimum atomic E-state index is -3.27. The predicted molar refractivity (Wildman–Crippen MR) is 138 cm³/mol. The van der Waals surface area contributed by atoms with Gasteiger partial charge in [-0.25, -0.2) is 0 Å². The first-order chi connectivity index (χ1) is 16.8. The van der Waals surface area contributed by atoms with Crippen LogP contribution in [0.1, 0.15) is 42.7 Å². The van der Waals surface area contributed by atoms with Crippen molar-refractivity contribution in [2.45, 2.75) is 46.3 Å². The maximum absolute atomic E-state index is 13.4. The first-order valence-electron chi connectivity index (χ1n) is 11.9. The monoisotopic (exact) mass is 538 g/mol. The van der Waals surface area contributed by atoms with Gasteiger partial charge in [-0.05, 0) is 60.7 Å². The Morgan fingerprint density at radius 1 is 1.25 bits per heavy atom. The van der Waals surface area contributed by atoms with Gasteiger partial charge in [-0.3, -0.25) is 9.69 Å². The number of aliphatic carboxylic acids is 1. The molecule has 3 aromatic rings. The molecule has 0 unspecified atom stereocenters. The fourth-order valence-corrected chi connectivity index (χ4v) is 5.73. The summed E-state index contributed by atoms with van der Waals surface area (Å²) in [6.45, 7) is 6.55. The minimum Gasteiger partial charge on any atom is -0.481 e. The van der Waals surface area contributed by atoms with Crippen LogP contribution in [0.4, 0.5) is 8.78 Å². The predicted octanol–water partition coefficient (Wildman–Crippen LogP) is 6.92. The Morgan fingerprint density at radius 2 is 1.97 bits per heavy atom. The summed E-state index contributed by atoms with van der Waals surface area (Å²) >= 11 is 13.4. The molecule has 4 rings (SSSR count). The molecule has 1 aliphatic heterocycles. The van der Waals surface area contributed by atoms with E-state index in [1.54, 1.807) is 12.1 Å². The van der Waals surface area contributed by atoms with Gasteiger partial charge in [0.15, 0.2) is 0 Å². The van der Waals surface area contributed by atoms with E-state index >= 15 is 0 Å². The lowest BCUT2D eigenvalue weighted by Gasteiger charge is -2.35. The zero-order chi connectivity index (χ0) is 26.4. The molecular formula is C27H30Cl2F2N2O3. The number of ether oxygens (including phenoxy) is 1. The van der Waals surface area contributed by atoms with Gasteiger partial charge in [-0.15, -0.1) is 0 Å². The fraction of sp³-hybridized carbons (Fsp3) is 0.444. The number of carbonyl (C=O) groups is 1. The van der Waals surface area contributed by atoms with Crippen molar-refractivity contribution in [2.75, 3.05) is 13.1 Å². The number of rotatable bonds is 7. The third kappa shape index (κ3) is 5.63. The van der Waals surface area contributed by atoms with Gasteiger partial charge < -0.3 is 14.4 Å². The highest BCUT2D eigenvalue weighted by Gasteiger charge is 2.31. The van der Waals surface area contributed by atoms with Crippen molar-refractivity contribution in [3.05, 3.63) is 62.8 Å². The van der Waals surface area contributed by atoms with Crippen molar-refractivity contribution in [1.29, 1.82) is 0 Å². The topological polar surface area (TPSA) is 54.7 Å². The molecule has 2 heterocycles. The number of aromatic nitrogens is 1. The quantitative estimate of drug-likeness (QED) is 0.354. The molecule has 2 atom stereocenters. The van der Waals surface area contributed by atoms with E-state index in [2.05, 4.69) is 4.90 Å². The number of halogens is 4. The van der Waals surface area contributed by atoms with E-state index in [0.29, 0.717) is 42.5 Å². The van der Waals surface area contributed by atoms with Crippen LogP contribution in [0, 0.1) is 18.8 Å². The Hall–Kier alpha value is -2.35. The molecule has 0 aliphatic carbocycles. The number of alkyl halides is 2. The SMILES string of the molecule is Cc1cc(OC(C)(F)F)cc2c1cc(Cc1c(Cl)ccc(CN3CC[C@@H](C(=O)O)[C@@H](C)C3)c1Cl)n2C. The maximum Gasteiger partial charge on any atom is 0.394 e. The first-order valence-corrected chi connectivity index (χ1v) is 12.7. The summed E-state index contributed by atoms with van der Waals surface area (Å²) < 4.78 is 33.6. The molecule has 5 nitrogen and oxygen atoms in total. The summed E-state index contributed by atoms with van der Waals surface area (Å²) in [5.74, 6) is -0.885. The number of benzene rings is 2. The second kappa shape index (κ2) is 10.2. The lowest BCUT2D eigenvalue weighted by atomic mass is 9.87. The van der Waals surface area contributed by atoms with Crippen LogP contribution in [0.15, 0.2) is 30.3 Å². The number of aryl methyl sites for hydroxylation is 2. The van der Waals surface area contributed by atoms with Gasteiger partial charge >= 0.3 is 12.1 Å². The summed E-state index contributed by atoms with van der Waals surface area (Å²) in [5, 5.41) is 11.5. The van der Waals surface area contributed by atoms with E-state index in [9.17, 15) is 18.7 Å². The summed E-state index contributed by atoms with van der Waals surface area (Å²) in [7, 11) is 1.88. The van der Waals surface area contributed by atoms with Crippen molar-refractivity contribution in [3.8, 4) is 5.75 Å². The minimum absolute atomic E-state index is 0.0577. The molecule has 0 saturated carbocycles. The van der Waals surface area contributed by atoms with Crippen LogP contribution in [-0.2, 0) is 24.8 Å². The van der Waals surface area contributed by atoms with Gasteiger partial charge in [0.05, 0.1) is 16.5 Å². The lowest BCUT2D eigenvalue weighted by molar-refractivity contribution is -0.158. The lowest BCUT2D eigenvalue weighted by Crippen LogP contribution is -2.41. The van der Waals surface area contributed by atoms with Crippen LogP contribution in [0.2, 0.25) is 10.0 Å². The van der Waals surface area contributed by atoms with Gasteiger partial charge in [0, 0.05) is 55.7 Å². The highest BCUT2D eigenvalue weighted by atomic mass is 35.5. The van der Waals surface area contributed by atoms with E-state index in [-0.39, 0.29) is 17.6 Å². The number of nitrogens with zero attached hydrogens (tertiary/aromatic N) is 2. The summed E-state index contributed by atoms with van der Waals surface area (Å²) in [4.78, 5) is 13.7. The van der Waals surface area contributed by atoms with Crippen LogP contribution >= 0.6 is 23.2 Å². The second-order valence-electron chi connectivity index (χ2n) is 9.90. The standard InChI is InChI=1S/C27H30Cl2F2N2O3/c1-15-9-19(36-27(3,30)31)12-24-21(15)10-18(32(24)4)11-22-23(28)6-5-17(25(22)29)14-33-8-7-20(26(34)35)16(2)13-33/h5-6,9-10,12,16,20H,7-8,11,13-14H2,1-4H3,(H,34,35)/t16-,20+/m0/s1. The molecule has 1 fully saturated rings. The summed E-state index contributed by atoms with van der Waals surface area (Å²) in [6.07, 6.45) is -2.19. The molecular weight excluding hydrogens is 509 g/mol. The van der Waals surface area contributed by atoms with Gasteiger partial charge in [0.1, 0.15) is 5.75 Å². The molecule has 2 aromatic carbocycles. The van der Waals surface area contributed by atoms with Crippen molar-refractivity contribution >= 4 is 40.1 Å². The average molecular weight is 539 g/mol. The Bertz CT molecular complexity index is 1300.